The predicted molar refractivity (Wildman–Crippen MR) is 241 cm³/mol. The highest BCUT2D eigenvalue weighted by molar-refractivity contribution is 5.81. The van der Waals surface area contributed by atoms with E-state index in [0.717, 1.165) is 12.2 Å². The lowest BCUT2D eigenvalue weighted by Gasteiger charge is -2.26. The van der Waals surface area contributed by atoms with Crippen molar-refractivity contribution in [1.82, 2.24) is 0 Å². The van der Waals surface area contributed by atoms with Crippen LogP contribution in [0, 0.1) is 20.8 Å². The molecule has 0 amide bonds. The third-order valence-electron chi connectivity index (χ3n) is 9.36. The van der Waals surface area contributed by atoms with E-state index in [1.807, 2.05) is 24.3 Å². The number of hydrogen-bond acceptors (Lipinski definition) is 11. The number of rotatable bonds is 18. The average Bonchev–Trinajstić information content (AvgIpc) is 3.23. The molecule has 0 saturated carbocycles. The van der Waals surface area contributed by atoms with Gasteiger partial charge in [-0.05, 0) is 55.2 Å². The summed E-state index contributed by atoms with van der Waals surface area (Å²) < 4.78 is 28.5. The van der Waals surface area contributed by atoms with Crippen molar-refractivity contribution < 1.29 is 53.3 Å². The van der Waals surface area contributed by atoms with E-state index in [1.54, 1.807) is 0 Å². The summed E-state index contributed by atoms with van der Waals surface area (Å²) >= 11 is 0. The van der Waals surface area contributed by atoms with E-state index in [-0.39, 0.29) is 43.9 Å². The summed E-state index contributed by atoms with van der Waals surface area (Å²) in [6.07, 6.45) is -0.382. The van der Waals surface area contributed by atoms with Gasteiger partial charge in [0.1, 0.15) is 37.8 Å². The smallest absolute Gasteiger partial charge is 0.330 e. The highest BCUT2D eigenvalue weighted by Gasteiger charge is 2.24. The second kappa shape index (κ2) is 28.4. The van der Waals surface area contributed by atoms with Crippen molar-refractivity contribution in [3.63, 3.8) is 0 Å². The van der Waals surface area contributed by atoms with Gasteiger partial charge in [0.05, 0.1) is 13.2 Å². The summed E-state index contributed by atoms with van der Waals surface area (Å²) in [5.41, 5.74) is 9.08. The van der Waals surface area contributed by atoms with E-state index >= 15 is 0 Å². The maximum atomic E-state index is 10.4. The number of aryl methyl sites for hydroxylation is 3. The molecule has 3 unspecified atom stereocenters. The Kier molecular flexibility index (Phi) is 25.1. The summed E-state index contributed by atoms with van der Waals surface area (Å²) in [4.78, 5) is 20.9. The minimum Gasteiger partial charge on any atom is -0.463 e. The van der Waals surface area contributed by atoms with Crippen molar-refractivity contribution in [1.29, 1.82) is 0 Å². The Bertz CT molecular complexity index is 1750. The number of esters is 2. The molecule has 0 aromatic heterocycles. The van der Waals surface area contributed by atoms with Gasteiger partial charge in [-0.15, -0.1) is 0 Å². The molecule has 3 atom stereocenters. The zero-order valence-electron chi connectivity index (χ0n) is 37.7. The first-order valence-corrected chi connectivity index (χ1v) is 19.9. The fourth-order valence-electron chi connectivity index (χ4n) is 5.48. The van der Waals surface area contributed by atoms with Crippen molar-refractivity contribution in [2.45, 2.75) is 77.8 Å². The zero-order chi connectivity index (χ0) is 46.0. The largest absolute Gasteiger partial charge is 0.463 e. The van der Waals surface area contributed by atoms with E-state index in [1.165, 1.54) is 60.3 Å². The van der Waals surface area contributed by atoms with Crippen LogP contribution in [0.3, 0.4) is 0 Å². The van der Waals surface area contributed by atoms with Crippen molar-refractivity contribution in [2.24, 2.45) is 0 Å². The first-order chi connectivity index (χ1) is 28.8. The van der Waals surface area contributed by atoms with Gasteiger partial charge in [0, 0.05) is 44.3 Å². The van der Waals surface area contributed by atoms with Gasteiger partial charge in [0.25, 0.3) is 0 Å². The lowest BCUT2D eigenvalue weighted by molar-refractivity contribution is -0.142. The lowest BCUT2D eigenvalue weighted by Crippen LogP contribution is -2.22. The van der Waals surface area contributed by atoms with Gasteiger partial charge in [-0.2, -0.15) is 0 Å². The number of carbonyl (C=O) groups excluding carboxylic acids is 2. The number of aliphatic hydroxyl groups excluding tert-OH is 3. The molecular weight excluding hydrogens is 777 g/mol. The fraction of sp³-hybridized carbons (Fsp3) is 0.400. The van der Waals surface area contributed by atoms with Crippen molar-refractivity contribution in [3.05, 3.63) is 161 Å². The normalized spacial score (nSPS) is 12.3. The molecule has 0 aliphatic carbocycles. The first kappa shape index (κ1) is 53.9. The van der Waals surface area contributed by atoms with Crippen LogP contribution in [0.15, 0.2) is 122 Å². The van der Waals surface area contributed by atoms with Crippen LogP contribution in [0.4, 0.5) is 0 Å². The van der Waals surface area contributed by atoms with Crippen LogP contribution in [0.1, 0.15) is 66.6 Å². The molecule has 334 valence electrons. The SMILES string of the molecule is C=CC(=O)OCC(O)COC.C=CC(=O)OCC(O)COC.COCC(O)Oc1ccc(C(C)(C)c2ccc(C)cc2)cc1.Cc1ccc(C(C)(C)c2ccc(C)cc2)cc1. The highest BCUT2D eigenvalue weighted by Crippen LogP contribution is 2.33. The molecule has 0 bridgehead atoms. The summed E-state index contributed by atoms with van der Waals surface area (Å²) in [5.74, 6) is -0.451. The second-order valence-electron chi connectivity index (χ2n) is 15.3. The Labute approximate surface area is 363 Å². The van der Waals surface area contributed by atoms with E-state index in [2.05, 4.69) is 153 Å². The second-order valence-corrected chi connectivity index (χ2v) is 15.3. The molecule has 11 heteroatoms. The van der Waals surface area contributed by atoms with Crippen molar-refractivity contribution in [3.8, 4) is 5.75 Å². The number of ether oxygens (including phenoxy) is 6. The summed E-state index contributed by atoms with van der Waals surface area (Å²) in [6.45, 7) is 22.1. The number of methoxy groups -OCH3 is 3. The third-order valence-corrected chi connectivity index (χ3v) is 9.36. The number of hydrogen-bond donors (Lipinski definition) is 3. The zero-order valence-corrected chi connectivity index (χ0v) is 37.7. The standard InChI is InChI=1S/C19H24O3.C17H20.2C7H12O4/c1-14-5-7-15(8-6-14)19(2,3)16-9-11-17(12-10-16)22-18(20)13-21-4;1-13-5-9-15(10-6-13)17(3,4)16-11-7-14(2)8-12-16;2*1-3-7(9)11-5-6(8)4-10-2/h5-12,18,20H,13H2,1-4H3;5-12H,1-4H3;2*3,6,8H,1,4-5H2,2H3. The minimum absolute atomic E-state index is 0.0569. The van der Waals surface area contributed by atoms with Gasteiger partial charge < -0.3 is 43.7 Å². The molecule has 61 heavy (non-hydrogen) atoms. The van der Waals surface area contributed by atoms with E-state index in [9.17, 15) is 14.7 Å². The van der Waals surface area contributed by atoms with Gasteiger partial charge in [0.2, 0.25) is 6.29 Å². The quantitative estimate of drug-likeness (QED) is 0.0513. The van der Waals surface area contributed by atoms with Crippen LogP contribution in [-0.2, 0) is 44.1 Å². The Morgan fingerprint density at radius 3 is 1.05 bits per heavy atom. The predicted octanol–water partition coefficient (Wildman–Crippen LogP) is 7.74. The van der Waals surface area contributed by atoms with Crippen LogP contribution in [0.5, 0.6) is 5.75 Å². The van der Waals surface area contributed by atoms with Crippen LogP contribution in [0.2, 0.25) is 0 Å². The molecule has 0 fully saturated rings. The van der Waals surface area contributed by atoms with Crippen molar-refractivity contribution >= 4 is 11.9 Å². The van der Waals surface area contributed by atoms with Gasteiger partial charge in [-0.1, -0.05) is 142 Å². The average molecular weight is 845 g/mol. The lowest BCUT2D eigenvalue weighted by atomic mass is 9.78. The van der Waals surface area contributed by atoms with Crippen LogP contribution in [-0.4, -0.2) is 100 Å². The molecule has 0 spiro atoms. The molecule has 0 aliphatic heterocycles. The molecule has 0 radical (unpaired) electrons. The Balaban J connectivity index is 0.000000427. The maximum Gasteiger partial charge on any atom is 0.330 e. The Hall–Kier alpha value is -5.14. The molecule has 4 aromatic carbocycles. The fourth-order valence-corrected chi connectivity index (χ4v) is 5.48. The Morgan fingerprint density at radius 1 is 0.508 bits per heavy atom. The summed E-state index contributed by atoms with van der Waals surface area (Å²) in [7, 11) is 4.44. The number of aliphatic hydroxyl groups is 3. The molecule has 4 rings (SSSR count). The molecule has 4 aromatic rings. The number of benzene rings is 4. The summed E-state index contributed by atoms with van der Waals surface area (Å²) in [6, 6.07) is 34.1. The third kappa shape index (κ3) is 20.8. The van der Waals surface area contributed by atoms with Crippen LogP contribution in [0.25, 0.3) is 0 Å². The monoisotopic (exact) mass is 844 g/mol. The molecule has 0 aliphatic rings. The van der Waals surface area contributed by atoms with Gasteiger partial charge in [-0.25, -0.2) is 9.59 Å². The highest BCUT2D eigenvalue weighted by atomic mass is 16.6. The maximum absolute atomic E-state index is 10.4. The van der Waals surface area contributed by atoms with Gasteiger partial charge >= 0.3 is 11.9 Å². The van der Waals surface area contributed by atoms with Crippen LogP contribution >= 0.6 is 0 Å². The van der Waals surface area contributed by atoms with Crippen molar-refractivity contribution in [2.75, 3.05) is 54.4 Å². The van der Waals surface area contributed by atoms with E-state index in [0.29, 0.717) is 5.75 Å². The summed E-state index contributed by atoms with van der Waals surface area (Å²) in [5, 5.41) is 27.5. The topological polar surface area (TPSA) is 150 Å². The molecule has 3 N–H and O–H groups in total. The van der Waals surface area contributed by atoms with Gasteiger partial charge in [0.15, 0.2) is 0 Å². The van der Waals surface area contributed by atoms with E-state index in [4.69, 9.17) is 19.7 Å². The molecular formula is C50H68O11. The van der Waals surface area contributed by atoms with Gasteiger partial charge in [-0.3, -0.25) is 0 Å². The molecule has 0 saturated heterocycles. The molecule has 11 nitrogen and oxygen atoms in total. The number of carbonyl (C=O) groups is 2. The minimum atomic E-state index is -0.944. The van der Waals surface area contributed by atoms with E-state index < -0.39 is 30.4 Å². The molecule has 0 heterocycles. The Morgan fingerprint density at radius 2 is 0.787 bits per heavy atom. The van der Waals surface area contributed by atoms with Crippen LogP contribution < -0.4 is 4.74 Å². The first-order valence-electron chi connectivity index (χ1n) is 19.9.